The zero-order valence-electron chi connectivity index (χ0n) is 53.0. The molecule has 0 amide bonds. The van der Waals surface area contributed by atoms with Gasteiger partial charge in [0.2, 0.25) is 0 Å². The molecule has 0 saturated heterocycles. The van der Waals surface area contributed by atoms with Gasteiger partial charge < -0.3 is 14.2 Å². The number of esters is 3. The smallest absolute Gasteiger partial charge is 0.306 e. The van der Waals surface area contributed by atoms with E-state index in [4.69, 9.17) is 14.2 Å². The van der Waals surface area contributed by atoms with Crippen molar-refractivity contribution in [1.29, 1.82) is 0 Å². The lowest BCUT2D eigenvalue weighted by atomic mass is 10.0. The number of hydrogen-bond acceptors (Lipinski definition) is 6. The fourth-order valence-corrected chi connectivity index (χ4v) is 9.32. The number of carbonyl (C=O) groups excluding carboxylic acids is 3. The predicted molar refractivity (Wildman–Crippen MR) is 353 cm³/mol. The van der Waals surface area contributed by atoms with E-state index in [-0.39, 0.29) is 31.1 Å². The molecule has 0 radical (unpaired) electrons. The van der Waals surface area contributed by atoms with E-state index in [1.807, 2.05) is 0 Å². The van der Waals surface area contributed by atoms with Crippen LogP contribution in [0.25, 0.3) is 0 Å². The van der Waals surface area contributed by atoms with E-state index in [9.17, 15) is 14.4 Å². The molecule has 0 heterocycles. The third-order valence-corrected chi connectivity index (χ3v) is 14.4. The normalized spacial score (nSPS) is 12.9. The highest BCUT2D eigenvalue weighted by atomic mass is 16.6. The first-order valence-electron chi connectivity index (χ1n) is 34.0. The summed E-state index contributed by atoms with van der Waals surface area (Å²) < 4.78 is 16.9. The molecule has 0 aromatic heterocycles. The van der Waals surface area contributed by atoms with E-state index in [1.165, 1.54) is 148 Å². The van der Waals surface area contributed by atoms with Gasteiger partial charge in [-0.25, -0.2) is 0 Å². The quantitative estimate of drug-likeness (QED) is 0.0261. The van der Waals surface area contributed by atoms with E-state index < -0.39 is 6.10 Å². The zero-order chi connectivity index (χ0) is 58.5. The van der Waals surface area contributed by atoms with Crippen molar-refractivity contribution in [2.45, 2.75) is 322 Å². The number of hydrogen-bond donors (Lipinski definition) is 0. The summed E-state index contributed by atoms with van der Waals surface area (Å²) in [6.07, 6.45) is 95.1. The van der Waals surface area contributed by atoms with Crippen molar-refractivity contribution < 1.29 is 28.6 Å². The third-order valence-electron chi connectivity index (χ3n) is 14.4. The lowest BCUT2D eigenvalue weighted by molar-refractivity contribution is -0.167. The lowest BCUT2D eigenvalue weighted by Gasteiger charge is -2.18. The van der Waals surface area contributed by atoms with Crippen LogP contribution in [-0.2, 0) is 28.6 Å². The maximum Gasteiger partial charge on any atom is 0.306 e. The molecule has 0 aliphatic carbocycles. The monoisotopic (exact) mass is 1120 g/mol. The molecule has 0 rings (SSSR count). The van der Waals surface area contributed by atoms with Crippen molar-refractivity contribution >= 4 is 17.9 Å². The van der Waals surface area contributed by atoms with Gasteiger partial charge in [0.05, 0.1) is 0 Å². The van der Waals surface area contributed by atoms with Gasteiger partial charge in [-0.15, -0.1) is 0 Å². The maximum absolute atomic E-state index is 12.9. The van der Waals surface area contributed by atoms with Gasteiger partial charge in [-0.3, -0.25) is 14.4 Å². The Hall–Kier alpha value is -4.19. The van der Waals surface area contributed by atoms with Crippen LogP contribution in [0.4, 0.5) is 0 Å². The van der Waals surface area contributed by atoms with Crippen molar-refractivity contribution in [1.82, 2.24) is 0 Å². The van der Waals surface area contributed by atoms with Gasteiger partial charge in [-0.2, -0.15) is 0 Å². The van der Waals surface area contributed by atoms with Crippen LogP contribution in [0.3, 0.4) is 0 Å². The fraction of sp³-hybridized carbons (Fsp3) is 0.693. The van der Waals surface area contributed by atoms with Crippen molar-refractivity contribution in [2.24, 2.45) is 0 Å². The van der Waals surface area contributed by atoms with E-state index in [1.54, 1.807) is 0 Å². The van der Waals surface area contributed by atoms with E-state index in [2.05, 4.69) is 142 Å². The summed E-state index contributed by atoms with van der Waals surface area (Å²) in [6, 6.07) is 0. The van der Waals surface area contributed by atoms with Gasteiger partial charge in [0, 0.05) is 19.3 Å². The van der Waals surface area contributed by atoms with Crippen molar-refractivity contribution in [3.8, 4) is 0 Å². The summed E-state index contributed by atoms with van der Waals surface area (Å²) in [7, 11) is 0. The van der Waals surface area contributed by atoms with Crippen LogP contribution in [0.5, 0.6) is 0 Å². The van der Waals surface area contributed by atoms with E-state index in [0.717, 1.165) is 128 Å². The molecule has 81 heavy (non-hydrogen) atoms. The first-order chi connectivity index (χ1) is 40.0. The SMILES string of the molecule is CC/C=C\C/C=C\C/C=C\C/C=C\C/C=C\C/C=C\CCCCCCCCCCCCCCCCC(=O)OCC(COC(=O)CCCCCCC/C=C\CCCC)OC(=O)CCCCCCCC/C=C\C/C=C\C/C=C\CCCCC. The highest BCUT2D eigenvalue weighted by Crippen LogP contribution is 2.16. The summed E-state index contributed by atoms with van der Waals surface area (Å²) in [5, 5.41) is 0. The topological polar surface area (TPSA) is 78.9 Å². The molecule has 0 N–H and O–H groups in total. The molecule has 0 bridgehead atoms. The molecule has 6 heteroatoms. The second kappa shape index (κ2) is 68.3. The number of allylic oxidation sites excluding steroid dienone is 20. The minimum absolute atomic E-state index is 0.0862. The second-order valence-corrected chi connectivity index (χ2v) is 22.3. The molecule has 0 aromatic carbocycles. The zero-order valence-corrected chi connectivity index (χ0v) is 53.0. The number of ether oxygens (including phenoxy) is 3. The summed E-state index contributed by atoms with van der Waals surface area (Å²) in [5.41, 5.74) is 0. The molecule has 0 aliphatic heterocycles. The van der Waals surface area contributed by atoms with Crippen LogP contribution < -0.4 is 0 Å². The first kappa shape index (κ1) is 76.8. The molecule has 0 saturated carbocycles. The Balaban J connectivity index is 4.21. The van der Waals surface area contributed by atoms with Crippen LogP contribution in [0.15, 0.2) is 122 Å². The molecule has 0 spiro atoms. The molecule has 0 aliphatic rings. The molecule has 0 aromatic rings. The third kappa shape index (κ3) is 66.5. The van der Waals surface area contributed by atoms with Gasteiger partial charge in [0.1, 0.15) is 13.2 Å². The number of carbonyl (C=O) groups is 3. The lowest BCUT2D eigenvalue weighted by Crippen LogP contribution is -2.30. The van der Waals surface area contributed by atoms with Crippen LogP contribution >= 0.6 is 0 Å². The first-order valence-corrected chi connectivity index (χ1v) is 34.0. The average Bonchev–Trinajstić information content (AvgIpc) is 3.47. The Morgan fingerprint density at radius 1 is 0.259 bits per heavy atom. The van der Waals surface area contributed by atoms with Gasteiger partial charge in [0.25, 0.3) is 0 Å². The van der Waals surface area contributed by atoms with Gasteiger partial charge in [-0.1, -0.05) is 290 Å². The Labute approximate surface area is 501 Å². The Bertz CT molecular complexity index is 1670. The molecular formula is C75H126O6. The number of rotatable bonds is 61. The van der Waals surface area contributed by atoms with Crippen molar-refractivity contribution in [2.75, 3.05) is 13.2 Å². The van der Waals surface area contributed by atoms with Gasteiger partial charge in [-0.05, 0) is 128 Å². The summed E-state index contributed by atoms with van der Waals surface area (Å²) >= 11 is 0. The van der Waals surface area contributed by atoms with Crippen molar-refractivity contribution in [3.05, 3.63) is 122 Å². The molecule has 6 nitrogen and oxygen atoms in total. The number of unbranched alkanes of at least 4 members (excludes halogenated alkanes) is 30. The van der Waals surface area contributed by atoms with Gasteiger partial charge >= 0.3 is 17.9 Å². The summed E-state index contributed by atoms with van der Waals surface area (Å²) in [5.74, 6) is -0.902. The molecule has 462 valence electrons. The summed E-state index contributed by atoms with van der Waals surface area (Å²) in [4.78, 5) is 38.3. The minimum Gasteiger partial charge on any atom is -0.462 e. The Kier molecular flexibility index (Phi) is 64.8. The minimum atomic E-state index is -0.791. The highest BCUT2D eigenvalue weighted by Gasteiger charge is 2.19. The largest absolute Gasteiger partial charge is 0.462 e. The second-order valence-electron chi connectivity index (χ2n) is 22.3. The fourth-order valence-electron chi connectivity index (χ4n) is 9.32. The van der Waals surface area contributed by atoms with Gasteiger partial charge in [0.15, 0.2) is 6.10 Å². The molecule has 0 fully saturated rings. The Morgan fingerprint density at radius 3 is 0.802 bits per heavy atom. The van der Waals surface area contributed by atoms with Crippen LogP contribution in [0, 0.1) is 0 Å². The molecule has 1 atom stereocenters. The molecule has 1 unspecified atom stereocenters. The average molecular weight is 1120 g/mol. The van der Waals surface area contributed by atoms with Crippen LogP contribution in [0.1, 0.15) is 316 Å². The predicted octanol–water partition coefficient (Wildman–Crippen LogP) is 23.6. The van der Waals surface area contributed by atoms with Crippen molar-refractivity contribution in [3.63, 3.8) is 0 Å². The Morgan fingerprint density at radius 2 is 0.494 bits per heavy atom. The highest BCUT2D eigenvalue weighted by molar-refractivity contribution is 5.71. The maximum atomic E-state index is 12.9. The molecular weight excluding hydrogens is 997 g/mol. The summed E-state index contributed by atoms with van der Waals surface area (Å²) in [6.45, 7) is 6.46. The van der Waals surface area contributed by atoms with Crippen LogP contribution in [-0.4, -0.2) is 37.2 Å². The van der Waals surface area contributed by atoms with Crippen LogP contribution in [0.2, 0.25) is 0 Å². The van der Waals surface area contributed by atoms with E-state index in [0.29, 0.717) is 19.3 Å². The van der Waals surface area contributed by atoms with E-state index >= 15 is 0 Å². The standard InChI is InChI=1S/C75H126O6/c1-4-7-10-13-16-19-22-24-26-28-30-31-32-33-34-35-36-37-38-39-40-41-42-43-45-46-48-50-53-56-59-62-65-68-74(77)80-71-72(70-79-73(76)67-64-61-58-55-52-21-18-15-12-9-6-3)81-75(78)69-66-63-60-57-54-51-49-47-44-29-27-25-23-20-17-14-11-8-5-2/h7,10,15-20,24-27,30-31,33-34,36-37,44,47,72H,4-6,8-9,11-14,21-23,28-29,32,35,38-43,45-46,48-71H2,1-3H3/b10-7-,18-15-,19-16-,20-17-,26-24-,27-25-,31-30-,34-33-,37-36-,47-44-.